The lowest BCUT2D eigenvalue weighted by molar-refractivity contribution is -0.122. The molecule has 1 aromatic heterocycles. The van der Waals surface area contributed by atoms with E-state index in [9.17, 15) is 14.0 Å². The Bertz CT molecular complexity index is 673. The summed E-state index contributed by atoms with van der Waals surface area (Å²) < 4.78 is 18.6. The minimum Gasteiger partial charge on any atom is -0.467 e. The summed E-state index contributed by atoms with van der Waals surface area (Å²) in [6, 6.07) is 6.23. The first kappa shape index (κ1) is 16.0. The molecular formula is C15H14ClFN2O3. The second-order valence-electron chi connectivity index (χ2n) is 4.62. The molecule has 0 bridgehead atoms. The highest BCUT2D eigenvalue weighted by atomic mass is 35.5. The van der Waals surface area contributed by atoms with Gasteiger partial charge in [-0.05, 0) is 37.3 Å². The van der Waals surface area contributed by atoms with E-state index in [1.165, 1.54) is 25.3 Å². The summed E-state index contributed by atoms with van der Waals surface area (Å²) in [5.74, 6) is -1.23. The maximum Gasteiger partial charge on any atom is 0.254 e. The van der Waals surface area contributed by atoms with E-state index >= 15 is 0 Å². The zero-order valence-corrected chi connectivity index (χ0v) is 12.5. The Morgan fingerprint density at radius 2 is 2.14 bits per heavy atom. The predicted octanol–water partition coefficient (Wildman–Crippen LogP) is 2.51. The van der Waals surface area contributed by atoms with Crippen molar-refractivity contribution in [2.45, 2.75) is 19.5 Å². The molecule has 2 rings (SSSR count). The number of carbonyl (C=O) groups is 2. The van der Waals surface area contributed by atoms with E-state index in [4.69, 9.17) is 16.0 Å². The van der Waals surface area contributed by atoms with Crippen LogP contribution in [-0.2, 0) is 11.3 Å². The third kappa shape index (κ3) is 4.08. The maximum absolute atomic E-state index is 13.6. The molecule has 0 aliphatic heterocycles. The molecule has 0 saturated carbocycles. The monoisotopic (exact) mass is 324 g/mol. The summed E-state index contributed by atoms with van der Waals surface area (Å²) in [6.45, 7) is 1.70. The van der Waals surface area contributed by atoms with Gasteiger partial charge in [-0.15, -0.1) is 0 Å². The van der Waals surface area contributed by atoms with Gasteiger partial charge in [-0.25, -0.2) is 4.39 Å². The molecule has 0 fully saturated rings. The zero-order chi connectivity index (χ0) is 16.1. The van der Waals surface area contributed by atoms with Gasteiger partial charge >= 0.3 is 0 Å². The maximum atomic E-state index is 13.6. The summed E-state index contributed by atoms with van der Waals surface area (Å²) in [6.07, 6.45) is 1.49. The molecule has 5 nitrogen and oxygen atoms in total. The van der Waals surface area contributed by atoms with Gasteiger partial charge in [0.1, 0.15) is 17.6 Å². The molecule has 2 N–H and O–H groups in total. The average molecular weight is 325 g/mol. The number of halogens is 2. The van der Waals surface area contributed by atoms with Gasteiger partial charge in [-0.2, -0.15) is 0 Å². The molecule has 7 heteroatoms. The summed E-state index contributed by atoms with van der Waals surface area (Å²) in [4.78, 5) is 23.8. The van der Waals surface area contributed by atoms with E-state index in [1.54, 1.807) is 12.1 Å². The first-order valence-electron chi connectivity index (χ1n) is 6.53. The van der Waals surface area contributed by atoms with Gasteiger partial charge in [0.05, 0.1) is 18.4 Å². The second-order valence-corrected chi connectivity index (χ2v) is 5.05. The van der Waals surface area contributed by atoms with Gasteiger partial charge in [0.15, 0.2) is 0 Å². The first-order chi connectivity index (χ1) is 10.5. The van der Waals surface area contributed by atoms with Gasteiger partial charge in [0, 0.05) is 5.02 Å². The van der Waals surface area contributed by atoms with Crippen LogP contribution in [-0.4, -0.2) is 17.9 Å². The number of rotatable bonds is 5. The van der Waals surface area contributed by atoms with Crippen LogP contribution < -0.4 is 10.6 Å². The van der Waals surface area contributed by atoms with Crippen molar-refractivity contribution in [3.05, 3.63) is 58.8 Å². The third-order valence-corrected chi connectivity index (χ3v) is 3.17. The molecule has 2 amide bonds. The van der Waals surface area contributed by atoms with Gasteiger partial charge in [0.25, 0.3) is 5.91 Å². The first-order valence-corrected chi connectivity index (χ1v) is 6.91. The van der Waals surface area contributed by atoms with Crippen LogP contribution in [0.1, 0.15) is 23.0 Å². The Balaban J connectivity index is 1.92. The van der Waals surface area contributed by atoms with Crippen molar-refractivity contribution in [3.63, 3.8) is 0 Å². The molecule has 0 spiro atoms. The van der Waals surface area contributed by atoms with Crippen molar-refractivity contribution in [1.82, 2.24) is 10.6 Å². The fraction of sp³-hybridized carbons (Fsp3) is 0.200. The molecule has 22 heavy (non-hydrogen) atoms. The average Bonchev–Trinajstić information content (AvgIpc) is 3.00. The van der Waals surface area contributed by atoms with Gasteiger partial charge in [0.2, 0.25) is 5.91 Å². The van der Waals surface area contributed by atoms with Crippen LogP contribution in [0.25, 0.3) is 0 Å². The largest absolute Gasteiger partial charge is 0.467 e. The Hall–Kier alpha value is -2.34. The van der Waals surface area contributed by atoms with E-state index in [-0.39, 0.29) is 17.1 Å². The van der Waals surface area contributed by atoms with E-state index in [1.807, 2.05) is 0 Å². The van der Waals surface area contributed by atoms with Crippen molar-refractivity contribution in [2.24, 2.45) is 0 Å². The van der Waals surface area contributed by atoms with E-state index in [0.29, 0.717) is 5.76 Å². The van der Waals surface area contributed by atoms with Crippen LogP contribution in [0.5, 0.6) is 0 Å². The van der Waals surface area contributed by atoms with Crippen molar-refractivity contribution in [2.75, 3.05) is 0 Å². The molecular weight excluding hydrogens is 311 g/mol. The lowest BCUT2D eigenvalue weighted by Gasteiger charge is -2.14. The number of amides is 2. The number of nitrogens with one attached hydrogen (secondary N) is 2. The fourth-order valence-electron chi connectivity index (χ4n) is 1.75. The highest BCUT2D eigenvalue weighted by Gasteiger charge is 2.19. The molecule has 2 aromatic rings. The third-order valence-electron chi connectivity index (χ3n) is 2.93. The normalized spacial score (nSPS) is 11.8. The highest BCUT2D eigenvalue weighted by Crippen LogP contribution is 2.14. The number of benzene rings is 1. The topological polar surface area (TPSA) is 71.3 Å². The summed E-state index contributed by atoms with van der Waals surface area (Å²) in [5, 5.41) is 5.25. The molecule has 1 heterocycles. The minimum atomic E-state index is -0.833. The quantitative estimate of drug-likeness (QED) is 0.887. The van der Waals surface area contributed by atoms with Gasteiger partial charge in [-0.3, -0.25) is 9.59 Å². The van der Waals surface area contributed by atoms with Crippen molar-refractivity contribution in [1.29, 1.82) is 0 Å². The smallest absolute Gasteiger partial charge is 0.254 e. The molecule has 0 aliphatic rings. The van der Waals surface area contributed by atoms with Crippen LogP contribution in [0.4, 0.5) is 4.39 Å². The molecule has 1 aromatic carbocycles. The summed E-state index contributed by atoms with van der Waals surface area (Å²) in [7, 11) is 0. The van der Waals surface area contributed by atoms with Crippen LogP contribution in [0, 0.1) is 5.82 Å². The minimum absolute atomic E-state index is 0.206. The zero-order valence-electron chi connectivity index (χ0n) is 11.7. The number of carbonyl (C=O) groups excluding carboxylic acids is 2. The highest BCUT2D eigenvalue weighted by molar-refractivity contribution is 6.31. The second kappa shape index (κ2) is 7.09. The molecule has 0 saturated heterocycles. The molecule has 1 unspecified atom stereocenters. The predicted molar refractivity (Wildman–Crippen MR) is 78.9 cm³/mol. The Morgan fingerprint density at radius 3 is 2.82 bits per heavy atom. The molecule has 1 atom stereocenters. The SMILES string of the molecule is CC(NC(=O)c1cc(Cl)ccc1F)C(=O)NCc1ccco1. The van der Waals surface area contributed by atoms with Crippen LogP contribution in [0.3, 0.4) is 0 Å². The lowest BCUT2D eigenvalue weighted by Crippen LogP contribution is -2.44. The lowest BCUT2D eigenvalue weighted by atomic mass is 10.2. The van der Waals surface area contributed by atoms with E-state index in [0.717, 1.165) is 6.07 Å². The fourth-order valence-corrected chi connectivity index (χ4v) is 1.92. The van der Waals surface area contributed by atoms with Crippen molar-refractivity contribution in [3.8, 4) is 0 Å². The summed E-state index contributed by atoms with van der Waals surface area (Å²) >= 11 is 5.73. The Kier molecular flexibility index (Phi) is 5.16. The van der Waals surface area contributed by atoms with E-state index in [2.05, 4.69) is 10.6 Å². The molecule has 0 aliphatic carbocycles. The molecule has 0 radical (unpaired) electrons. The van der Waals surface area contributed by atoms with Crippen molar-refractivity contribution >= 4 is 23.4 Å². The number of hydrogen-bond donors (Lipinski definition) is 2. The van der Waals surface area contributed by atoms with Crippen LogP contribution in [0.15, 0.2) is 41.0 Å². The number of hydrogen-bond acceptors (Lipinski definition) is 3. The Morgan fingerprint density at radius 1 is 1.36 bits per heavy atom. The summed E-state index contributed by atoms with van der Waals surface area (Å²) in [5.41, 5.74) is -0.210. The van der Waals surface area contributed by atoms with Crippen molar-refractivity contribution < 1.29 is 18.4 Å². The Labute approximate surface area is 131 Å². The standard InChI is InChI=1S/C15H14ClFN2O3/c1-9(14(20)18-8-11-3-2-6-22-11)19-15(21)12-7-10(16)4-5-13(12)17/h2-7,9H,8H2,1H3,(H,18,20)(H,19,21). The molecule has 116 valence electrons. The van der Waals surface area contributed by atoms with Gasteiger partial charge in [-0.1, -0.05) is 11.6 Å². The van der Waals surface area contributed by atoms with Crippen LogP contribution >= 0.6 is 11.6 Å². The van der Waals surface area contributed by atoms with Gasteiger partial charge < -0.3 is 15.1 Å². The van der Waals surface area contributed by atoms with E-state index < -0.39 is 23.7 Å². The number of furan rings is 1. The van der Waals surface area contributed by atoms with Crippen LogP contribution in [0.2, 0.25) is 5.02 Å².